The fourth-order valence-corrected chi connectivity index (χ4v) is 3.97. The van der Waals surface area contributed by atoms with Gasteiger partial charge in [-0.25, -0.2) is 4.39 Å². The molecule has 0 fully saturated rings. The molecule has 3 rings (SSSR count). The van der Waals surface area contributed by atoms with Gasteiger partial charge in [-0.2, -0.15) is 0 Å². The first-order valence-electron chi connectivity index (χ1n) is 8.50. The molecule has 144 valence electrons. The van der Waals surface area contributed by atoms with Crippen LogP contribution in [0.25, 0.3) is 0 Å². The van der Waals surface area contributed by atoms with Gasteiger partial charge in [0.2, 0.25) is 0 Å². The van der Waals surface area contributed by atoms with Crippen LogP contribution >= 0.6 is 22.9 Å². The summed E-state index contributed by atoms with van der Waals surface area (Å²) in [6, 6.07) is 11.1. The molecule has 28 heavy (non-hydrogen) atoms. The Hall–Kier alpha value is -2.70. The van der Waals surface area contributed by atoms with Crippen LogP contribution in [-0.2, 0) is 0 Å². The molecule has 0 spiro atoms. The van der Waals surface area contributed by atoms with E-state index in [4.69, 9.17) is 11.6 Å². The molecular formula is C21H18ClFN2O2S. The molecule has 2 aromatic carbocycles. The smallest absolute Gasteiger partial charge is 0.266 e. The number of hydrogen-bond acceptors (Lipinski definition) is 3. The Morgan fingerprint density at radius 3 is 2.36 bits per heavy atom. The molecule has 2 amide bonds. The third-order valence-corrected chi connectivity index (χ3v) is 5.63. The van der Waals surface area contributed by atoms with Crippen molar-refractivity contribution in [1.82, 2.24) is 0 Å². The number of hydrogen-bond donors (Lipinski definition) is 2. The summed E-state index contributed by atoms with van der Waals surface area (Å²) >= 11 is 7.10. The van der Waals surface area contributed by atoms with Gasteiger partial charge >= 0.3 is 0 Å². The maximum absolute atomic E-state index is 13.2. The first-order valence-corrected chi connectivity index (χ1v) is 9.69. The lowest BCUT2D eigenvalue weighted by Crippen LogP contribution is -2.12. The van der Waals surface area contributed by atoms with Gasteiger partial charge in [0, 0.05) is 5.69 Å². The Kier molecular flexibility index (Phi) is 5.82. The number of amides is 2. The lowest BCUT2D eigenvalue weighted by atomic mass is 10.1. The first-order chi connectivity index (χ1) is 13.2. The zero-order valence-corrected chi connectivity index (χ0v) is 17.1. The van der Waals surface area contributed by atoms with Crippen molar-refractivity contribution in [3.8, 4) is 0 Å². The minimum atomic E-state index is -0.515. The van der Waals surface area contributed by atoms with Crippen LogP contribution in [0.4, 0.5) is 15.1 Å². The minimum absolute atomic E-state index is 0.0265. The molecule has 0 bridgehead atoms. The molecule has 0 saturated heterocycles. The Morgan fingerprint density at radius 2 is 1.68 bits per heavy atom. The van der Waals surface area contributed by atoms with Crippen molar-refractivity contribution in [2.24, 2.45) is 0 Å². The number of carbonyl (C=O) groups excluding carboxylic acids is 2. The van der Waals surface area contributed by atoms with E-state index in [9.17, 15) is 14.0 Å². The van der Waals surface area contributed by atoms with Gasteiger partial charge in [0.1, 0.15) is 5.82 Å². The molecule has 7 heteroatoms. The zero-order chi connectivity index (χ0) is 20.4. The molecule has 0 aliphatic heterocycles. The molecule has 0 aliphatic carbocycles. The molecule has 0 saturated carbocycles. The van der Waals surface area contributed by atoms with Crippen LogP contribution in [0.2, 0.25) is 5.02 Å². The van der Waals surface area contributed by atoms with Gasteiger partial charge < -0.3 is 10.6 Å². The maximum Gasteiger partial charge on any atom is 0.266 e. The highest BCUT2D eigenvalue weighted by Crippen LogP contribution is 2.29. The monoisotopic (exact) mass is 416 g/mol. The average Bonchev–Trinajstić information content (AvgIpc) is 2.97. The van der Waals surface area contributed by atoms with Crippen molar-refractivity contribution < 1.29 is 14.0 Å². The van der Waals surface area contributed by atoms with Crippen molar-refractivity contribution in [3.05, 3.63) is 80.4 Å². The van der Waals surface area contributed by atoms with Crippen molar-refractivity contribution >= 4 is 45.4 Å². The molecule has 4 nitrogen and oxygen atoms in total. The Bertz CT molecular complexity index is 1080. The lowest BCUT2D eigenvalue weighted by Gasteiger charge is -2.08. The molecule has 0 atom stereocenters. The highest BCUT2D eigenvalue weighted by Gasteiger charge is 2.17. The third-order valence-electron chi connectivity index (χ3n) is 4.17. The van der Waals surface area contributed by atoms with E-state index in [2.05, 4.69) is 10.6 Å². The summed E-state index contributed by atoms with van der Waals surface area (Å²) in [5, 5.41) is 6.15. The normalized spacial score (nSPS) is 10.6. The van der Waals surface area contributed by atoms with E-state index in [-0.39, 0.29) is 16.5 Å². The van der Waals surface area contributed by atoms with Crippen molar-refractivity contribution in [1.29, 1.82) is 0 Å². The van der Waals surface area contributed by atoms with E-state index < -0.39 is 11.7 Å². The van der Waals surface area contributed by atoms with E-state index in [0.717, 1.165) is 28.4 Å². The fourth-order valence-electron chi connectivity index (χ4n) is 2.75. The second-order valence-corrected chi connectivity index (χ2v) is 7.93. The van der Waals surface area contributed by atoms with Gasteiger partial charge in [-0.3, -0.25) is 9.59 Å². The summed E-state index contributed by atoms with van der Waals surface area (Å²) in [6.45, 7) is 5.72. The molecular weight excluding hydrogens is 399 g/mol. The predicted molar refractivity (Wildman–Crippen MR) is 112 cm³/mol. The topological polar surface area (TPSA) is 58.2 Å². The van der Waals surface area contributed by atoms with Gasteiger partial charge in [-0.05, 0) is 62.2 Å². The quantitative estimate of drug-likeness (QED) is 0.550. The Labute approximate surface area is 171 Å². The first kappa shape index (κ1) is 20.0. The SMILES string of the molecule is Cc1ccc(NC(=O)c2sc(NC(=O)c3ccc(F)cc3Cl)cc2C)c(C)c1. The lowest BCUT2D eigenvalue weighted by molar-refractivity contribution is 0.102. The van der Waals surface area contributed by atoms with Crippen LogP contribution in [0.5, 0.6) is 0 Å². The summed E-state index contributed by atoms with van der Waals surface area (Å²) < 4.78 is 13.2. The van der Waals surface area contributed by atoms with Crippen LogP contribution in [0.3, 0.4) is 0 Å². The van der Waals surface area contributed by atoms with E-state index in [0.29, 0.717) is 9.88 Å². The predicted octanol–water partition coefficient (Wildman–Crippen LogP) is 5.97. The van der Waals surface area contributed by atoms with Crippen molar-refractivity contribution in [2.45, 2.75) is 20.8 Å². The minimum Gasteiger partial charge on any atom is -0.321 e. The number of thiophene rings is 1. The third kappa shape index (κ3) is 4.40. The van der Waals surface area contributed by atoms with Crippen LogP contribution in [0.15, 0.2) is 42.5 Å². The van der Waals surface area contributed by atoms with Gasteiger partial charge in [0.25, 0.3) is 11.8 Å². The summed E-state index contributed by atoms with van der Waals surface area (Å²) in [6.07, 6.45) is 0. The highest BCUT2D eigenvalue weighted by atomic mass is 35.5. The van der Waals surface area contributed by atoms with Gasteiger partial charge in [0.05, 0.1) is 20.5 Å². The fraction of sp³-hybridized carbons (Fsp3) is 0.143. The number of benzene rings is 2. The van der Waals surface area contributed by atoms with E-state index >= 15 is 0 Å². The van der Waals surface area contributed by atoms with Gasteiger partial charge in [0.15, 0.2) is 0 Å². The number of anilines is 2. The number of halogens is 2. The molecule has 1 heterocycles. The standard InChI is InChI=1S/C21H18ClFN2O2S/c1-11-4-7-17(12(2)8-11)24-21(27)19-13(3)9-18(28-19)25-20(26)15-6-5-14(23)10-16(15)22/h4-10H,1-3H3,(H,24,27)(H,25,26). The average molecular weight is 417 g/mol. The molecule has 3 aromatic rings. The zero-order valence-electron chi connectivity index (χ0n) is 15.5. The van der Waals surface area contributed by atoms with Crippen molar-refractivity contribution in [2.75, 3.05) is 10.6 Å². The number of rotatable bonds is 4. The molecule has 0 aliphatic rings. The number of carbonyl (C=O) groups is 2. The molecule has 0 unspecified atom stereocenters. The summed E-state index contributed by atoms with van der Waals surface area (Å²) in [5.41, 5.74) is 3.74. The largest absolute Gasteiger partial charge is 0.321 e. The van der Waals surface area contributed by atoms with Crippen molar-refractivity contribution in [3.63, 3.8) is 0 Å². The van der Waals surface area contributed by atoms with E-state index in [1.54, 1.807) is 13.0 Å². The summed E-state index contributed by atoms with van der Waals surface area (Å²) in [4.78, 5) is 25.5. The number of aryl methyl sites for hydroxylation is 3. The Morgan fingerprint density at radius 1 is 0.929 bits per heavy atom. The van der Waals surface area contributed by atoms with Crippen LogP contribution < -0.4 is 10.6 Å². The summed E-state index contributed by atoms with van der Waals surface area (Å²) in [7, 11) is 0. The van der Waals surface area contributed by atoms with Crippen LogP contribution in [0, 0.1) is 26.6 Å². The van der Waals surface area contributed by atoms with Gasteiger partial charge in [-0.1, -0.05) is 29.3 Å². The summed E-state index contributed by atoms with van der Waals surface area (Å²) in [5.74, 6) is -1.22. The van der Waals surface area contributed by atoms with Crippen LogP contribution in [-0.4, -0.2) is 11.8 Å². The van der Waals surface area contributed by atoms with Gasteiger partial charge in [-0.15, -0.1) is 11.3 Å². The highest BCUT2D eigenvalue weighted by molar-refractivity contribution is 7.18. The Balaban J connectivity index is 1.77. The molecule has 0 radical (unpaired) electrons. The second-order valence-electron chi connectivity index (χ2n) is 6.47. The maximum atomic E-state index is 13.2. The molecule has 1 aromatic heterocycles. The molecule has 2 N–H and O–H groups in total. The van der Waals surface area contributed by atoms with E-state index in [1.165, 1.54) is 23.5 Å². The second kappa shape index (κ2) is 8.12. The number of nitrogens with one attached hydrogen (secondary N) is 2. The van der Waals surface area contributed by atoms with Crippen LogP contribution in [0.1, 0.15) is 36.7 Å². The van der Waals surface area contributed by atoms with E-state index in [1.807, 2.05) is 32.0 Å².